The van der Waals surface area contributed by atoms with Gasteiger partial charge in [-0.3, -0.25) is 9.59 Å². The van der Waals surface area contributed by atoms with E-state index in [9.17, 15) is 9.59 Å². The van der Waals surface area contributed by atoms with Gasteiger partial charge < -0.3 is 20.2 Å². The van der Waals surface area contributed by atoms with E-state index in [1.165, 1.54) is 0 Å². The number of amides is 2. The number of carbonyl (C=O) groups is 2. The Morgan fingerprint density at radius 2 is 1.88 bits per heavy atom. The van der Waals surface area contributed by atoms with Crippen LogP contribution < -0.4 is 10.6 Å². The van der Waals surface area contributed by atoms with Crippen molar-refractivity contribution in [2.45, 2.75) is 64.7 Å². The van der Waals surface area contributed by atoms with Gasteiger partial charge >= 0.3 is 0 Å². The summed E-state index contributed by atoms with van der Waals surface area (Å²) in [5.74, 6) is 0.932. The van der Waals surface area contributed by atoms with Crippen molar-refractivity contribution in [3.05, 3.63) is 41.9 Å². The third-order valence-electron chi connectivity index (χ3n) is 5.66. The van der Waals surface area contributed by atoms with Crippen LogP contribution in [0, 0.1) is 11.8 Å². The van der Waals surface area contributed by atoms with Crippen LogP contribution in [0.15, 0.2) is 35.6 Å². The minimum atomic E-state index is -0.637. The van der Waals surface area contributed by atoms with E-state index in [1.807, 2.05) is 50.6 Å². The number of rotatable bonds is 12. The summed E-state index contributed by atoms with van der Waals surface area (Å²) in [5.41, 5.74) is 2.02. The highest BCUT2D eigenvalue weighted by molar-refractivity contribution is 7.98. The molecule has 1 atom stereocenters. The number of nitrogens with one attached hydrogen (secondary N) is 3. The molecule has 0 aliphatic carbocycles. The summed E-state index contributed by atoms with van der Waals surface area (Å²) in [7, 11) is 0. The Kier molecular flexibility index (Phi) is 9.15. The second-order valence-electron chi connectivity index (χ2n) is 9.28. The number of nitrogens with zero attached hydrogens (tertiary/aromatic N) is 3. The quantitative estimate of drug-likeness (QED) is 0.269. The van der Waals surface area contributed by atoms with Gasteiger partial charge in [0.1, 0.15) is 11.9 Å². The first-order valence-electron chi connectivity index (χ1n) is 11.9. The molecular weight excluding hydrogens is 448 g/mol. The molecule has 0 saturated heterocycles. The van der Waals surface area contributed by atoms with E-state index < -0.39 is 6.04 Å². The molecule has 2 heterocycles. The molecule has 9 heteroatoms. The molecule has 1 aromatic carbocycles. The number of aromatic nitrogens is 4. The fourth-order valence-corrected chi connectivity index (χ4v) is 4.38. The van der Waals surface area contributed by atoms with E-state index in [-0.39, 0.29) is 17.7 Å². The number of thioether (sulfide) groups is 1. The first-order valence-corrected chi connectivity index (χ1v) is 13.1. The topological polar surface area (TPSA) is 105 Å². The maximum atomic E-state index is 13.1. The minimum absolute atomic E-state index is 0.133. The summed E-state index contributed by atoms with van der Waals surface area (Å²) in [6.45, 7) is 9.38. The number of H-pyrrole nitrogens is 1. The lowest BCUT2D eigenvalue weighted by atomic mass is 10.0. The van der Waals surface area contributed by atoms with Gasteiger partial charge in [-0.1, -0.05) is 57.7 Å². The summed E-state index contributed by atoms with van der Waals surface area (Å²) in [6, 6.07) is 7.33. The third-order valence-corrected chi connectivity index (χ3v) is 6.32. The molecule has 0 bridgehead atoms. The third kappa shape index (κ3) is 6.62. The largest absolute Gasteiger partial charge is 0.361 e. The molecule has 0 fully saturated rings. The molecule has 34 heavy (non-hydrogen) atoms. The van der Waals surface area contributed by atoms with Gasteiger partial charge in [-0.2, -0.15) is 0 Å². The van der Waals surface area contributed by atoms with Crippen LogP contribution in [0.4, 0.5) is 0 Å². The fraction of sp³-hybridized carbons (Fsp3) is 0.520. The first kappa shape index (κ1) is 25.8. The van der Waals surface area contributed by atoms with E-state index in [0.29, 0.717) is 18.9 Å². The van der Waals surface area contributed by atoms with E-state index in [2.05, 4.69) is 44.2 Å². The van der Waals surface area contributed by atoms with Gasteiger partial charge in [0.05, 0.1) is 0 Å². The van der Waals surface area contributed by atoms with Crippen LogP contribution in [0.5, 0.6) is 0 Å². The van der Waals surface area contributed by atoms with Gasteiger partial charge in [0, 0.05) is 48.9 Å². The van der Waals surface area contributed by atoms with Crippen molar-refractivity contribution >= 4 is 34.5 Å². The number of carbonyl (C=O) groups excluding carboxylic acids is 2. The molecule has 3 rings (SSSR count). The van der Waals surface area contributed by atoms with Crippen LogP contribution in [0.3, 0.4) is 0 Å². The van der Waals surface area contributed by atoms with E-state index >= 15 is 0 Å². The number of benzene rings is 1. The van der Waals surface area contributed by atoms with Gasteiger partial charge in [-0.05, 0) is 30.2 Å². The van der Waals surface area contributed by atoms with Crippen molar-refractivity contribution < 1.29 is 9.59 Å². The number of hydrogen-bond donors (Lipinski definition) is 3. The summed E-state index contributed by atoms with van der Waals surface area (Å²) in [4.78, 5) is 28.7. The van der Waals surface area contributed by atoms with Crippen LogP contribution in [0.25, 0.3) is 10.9 Å². The molecule has 0 radical (unpaired) electrons. The van der Waals surface area contributed by atoms with E-state index in [4.69, 9.17) is 0 Å². The van der Waals surface area contributed by atoms with Crippen molar-refractivity contribution in [2.24, 2.45) is 11.8 Å². The molecule has 8 nitrogen and oxygen atoms in total. The Labute approximate surface area is 205 Å². The normalized spacial score (nSPS) is 12.4. The molecule has 2 amide bonds. The Bertz CT molecular complexity index is 1100. The molecule has 0 unspecified atom stereocenters. The zero-order valence-electron chi connectivity index (χ0n) is 20.7. The lowest BCUT2D eigenvalue weighted by Gasteiger charge is -2.19. The van der Waals surface area contributed by atoms with Crippen molar-refractivity contribution in [2.75, 3.05) is 12.8 Å². The molecule has 0 spiro atoms. The highest BCUT2D eigenvalue weighted by Gasteiger charge is 2.23. The number of fused-ring (bicyclic) bond motifs is 1. The van der Waals surface area contributed by atoms with Crippen molar-refractivity contribution in [3.63, 3.8) is 0 Å². The average molecular weight is 485 g/mol. The van der Waals surface area contributed by atoms with E-state index in [1.54, 1.807) is 11.8 Å². The highest BCUT2D eigenvalue weighted by atomic mass is 32.2. The molecule has 0 aliphatic rings. The number of aryl methyl sites for hydroxylation is 1. The maximum Gasteiger partial charge on any atom is 0.242 e. The Morgan fingerprint density at radius 1 is 1.12 bits per heavy atom. The zero-order chi connectivity index (χ0) is 24.7. The first-order chi connectivity index (χ1) is 16.3. The number of aromatic amines is 1. The lowest BCUT2D eigenvalue weighted by Crippen LogP contribution is -2.49. The van der Waals surface area contributed by atoms with Crippen molar-refractivity contribution in [1.82, 2.24) is 30.4 Å². The molecule has 3 N–H and O–H groups in total. The lowest BCUT2D eigenvalue weighted by molar-refractivity contribution is -0.130. The second-order valence-corrected chi connectivity index (χ2v) is 10.1. The van der Waals surface area contributed by atoms with Crippen molar-refractivity contribution in [1.29, 1.82) is 0 Å². The van der Waals surface area contributed by atoms with Crippen molar-refractivity contribution in [3.8, 4) is 0 Å². The van der Waals surface area contributed by atoms with Crippen LogP contribution in [-0.4, -0.2) is 50.4 Å². The predicted octanol–water partition coefficient (Wildman–Crippen LogP) is 3.57. The number of para-hydroxylation sites is 1. The summed E-state index contributed by atoms with van der Waals surface area (Å²) >= 11 is 1.59. The molecule has 184 valence electrons. The molecule has 0 aliphatic heterocycles. The Morgan fingerprint density at radius 3 is 2.59 bits per heavy atom. The predicted molar refractivity (Wildman–Crippen MR) is 137 cm³/mol. The van der Waals surface area contributed by atoms with Crippen LogP contribution in [-0.2, 0) is 29.0 Å². The van der Waals surface area contributed by atoms with Gasteiger partial charge in [-0.25, -0.2) is 0 Å². The van der Waals surface area contributed by atoms with Gasteiger partial charge in [0.25, 0.3) is 0 Å². The smallest absolute Gasteiger partial charge is 0.242 e. The van der Waals surface area contributed by atoms with Gasteiger partial charge in [0.2, 0.25) is 11.8 Å². The van der Waals surface area contributed by atoms with Crippen LogP contribution >= 0.6 is 11.8 Å². The maximum absolute atomic E-state index is 13.1. The summed E-state index contributed by atoms with van der Waals surface area (Å²) in [5, 5.41) is 16.6. The second kappa shape index (κ2) is 12.1. The zero-order valence-corrected chi connectivity index (χ0v) is 21.5. The van der Waals surface area contributed by atoms with Gasteiger partial charge in [0.15, 0.2) is 5.16 Å². The number of hydrogen-bond acceptors (Lipinski definition) is 5. The summed E-state index contributed by atoms with van der Waals surface area (Å²) < 4.78 is 2.17. The van der Waals surface area contributed by atoms with Crippen LogP contribution in [0.1, 0.15) is 45.5 Å². The monoisotopic (exact) mass is 484 g/mol. The molecule has 2 aromatic heterocycles. The average Bonchev–Trinajstić information content (AvgIpc) is 3.39. The van der Waals surface area contributed by atoms with E-state index in [0.717, 1.165) is 46.8 Å². The molecular formula is C25H36N6O2S. The molecule has 3 aromatic rings. The Hall–Kier alpha value is -2.81. The minimum Gasteiger partial charge on any atom is -0.361 e. The highest BCUT2D eigenvalue weighted by Crippen LogP contribution is 2.20. The SMILES string of the molecule is CSc1nnc(CCCNC(=O)[C@@H](Cc2c[nH]c3ccccc23)NC(=O)C(C)C)n1CC(C)C. The van der Waals surface area contributed by atoms with Gasteiger partial charge in [-0.15, -0.1) is 10.2 Å². The Balaban J connectivity index is 1.62. The van der Waals surface area contributed by atoms with Crippen LogP contribution in [0.2, 0.25) is 0 Å². The fourth-order valence-electron chi connectivity index (χ4n) is 3.85. The standard InChI is InChI=1S/C25H36N6O2S/c1-16(2)15-31-22(29-30-25(31)34-5)11-8-12-26-24(33)21(28-23(32)17(3)4)13-18-14-27-20-10-7-6-9-19(18)20/h6-7,9-10,14,16-17,21,27H,8,11-13,15H2,1-5H3,(H,26,33)(H,28,32)/t21-/m1/s1. The molecule has 0 saturated carbocycles. The summed E-state index contributed by atoms with van der Waals surface area (Å²) in [6.07, 6.45) is 5.82.